The molecule has 0 bridgehead atoms. The van der Waals surface area contributed by atoms with Crippen molar-refractivity contribution in [3.63, 3.8) is 0 Å². The van der Waals surface area contributed by atoms with Gasteiger partial charge in [0.15, 0.2) is 10.6 Å². The summed E-state index contributed by atoms with van der Waals surface area (Å²) in [6, 6.07) is 12.0. The summed E-state index contributed by atoms with van der Waals surface area (Å²) in [7, 11) is 1.45. The zero-order valence-electron chi connectivity index (χ0n) is 15.2. The number of nitrogens with one attached hydrogen (secondary N) is 1. The molecule has 0 saturated carbocycles. The van der Waals surface area contributed by atoms with Gasteiger partial charge in [-0.05, 0) is 48.1 Å². The molecule has 1 amide bonds. The fourth-order valence-electron chi connectivity index (χ4n) is 2.82. The van der Waals surface area contributed by atoms with E-state index in [2.05, 4.69) is 10.2 Å². The SMILES string of the molecule is CN(Cc1ccccc1C(F)(F)F)C(=O)Cn1c(-c2ccc(Cl)cc2)n[nH]c1=S. The van der Waals surface area contributed by atoms with E-state index in [1.54, 1.807) is 24.3 Å². The first-order valence-electron chi connectivity index (χ1n) is 8.47. The van der Waals surface area contributed by atoms with Crippen LogP contribution in [-0.4, -0.2) is 32.6 Å². The van der Waals surface area contributed by atoms with Crippen molar-refractivity contribution in [2.75, 3.05) is 7.05 Å². The lowest BCUT2D eigenvalue weighted by Crippen LogP contribution is -2.31. The van der Waals surface area contributed by atoms with Gasteiger partial charge in [-0.25, -0.2) is 0 Å². The van der Waals surface area contributed by atoms with E-state index in [0.29, 0.717) is 16.4 Å². The topological polar surface area (TPSA) is 53.9 Å². The molecule has 29 heavy (non-hydrogen) atoms. The molecule has 3 rings (SSSR count). The van der Waals surface area contributed by atoms with Crippen LogP contribution in [0.5, 0.6) is 0 Å². The first-order valence-corrected chi connectivity index (χ1v) is 9.25. The molecule has 0 radical (unpaired) electrons. The molecule has 1 N–H and O–H groups in total. The zero-order chi connectivity index (χ0) is 21.2. The van der Waals surface area contributed by atoms with Crippen LogP contribution < -0.4 is 0 Å². The first-order chi connectivity index (χ1) is 13.7. The van der Waals surface area contributed by atoms with Crippen molar-refractivity contribution in [1.82, 2.24) is 19.7 Å². The van der Waals surface area contributed by atoms with Crippen LogP contribution in [0.1, 0.15) is 11.1 Å². The number of rotatable bonds is 5. The second kappa shape index (κ2) is 8.38. The lowest BCUT2D eigenvalue weighted by molar-refractivity contribution is -0.139. The summed E-state index contributed by atoms with van der Waals surface area (Å²) < 4.78 is 41.3. The van der Waals surface area contributed by atoms with Crippen molar-refractivity contribution >= 4 is 29.7 Å². The molecule has 0 saturated heterocycles. The van der Waals surface area contributed by atoms with Crippen LogP contribution in [0.2, 0.25) is 5.02 Å². The Morgan fingerprint density at radius 3 is 2.52 bits per heavy atom. The molecular formula is C19H16ClF3N4OS. The number of nitrogens with zero attached hydrogens (tertiary/aromatic N) is 3. The number of H-pyrrole nitrogens is 1. The Bertz CT molecular complexity index is 1080. The second-order valence-electron chi connectivity index (χ2n) is 6.35. The van der Waals surface area contributed by atoms with Crippen molar-refractivity contribution in [1.29, 1.82) is 0 Å². The molecule has 10 heteroatoms. The maximum atomic E-state index is 13.2. The van der Waals surface area contributed by atoms with E-state index in [4.69, 9.17) is 23.8 Å². The van der Waals surface area contributed by atoms with Gasteiger partial charge >= 0.3 is 6.18 Å². The number of aromatic amines is 1. The van der Waals surface area contributed by atoms with Crippen molar-refractivity contribution in [3.05, 3.63) is 69.5 Å². The fraction of sp³-hybridized carbons (Fsp3) is 0.211. The number of aromatic nitrogens is 3. The van der Waals surface area contributed by atoms with Gasteiger partial charge in [0.2, 0.25) is 5.91 Å². The van der Waals surface area contributed by atoms with E-state index in [-0.39, 0.29) is 23.4 Å². The monoisotopic (exact) mass is 440 g/mol. The number of carbonyl (C=O) groups is 1. The highest BCUT2D eigenvalue weighted by Crippen LogP contribution is 2.32. The van der Waals surface area contributed by atoms with Crippen LogP contribution in [-0.2, 0) is 24.1 Å². The molecule has 0 fully saturated rings. The smallest absolute Gasteiger partial charge is 0.340 e. The zero-order valence-corrected chi connectivity index (χ0v) is 16.8. The van der Waals surface area contributed by atoms with Crippen LogP contribution >= 0.6 is 23.8 Å². The predicted octanol–water partition coefficient (Wildman–Crippen LogP) is 4.94. The Kier molecular flexibility index (Phi) is 6.09. The van der Waals surface area contributed by atoms with Crippen LogP contribution in [0.4, 0.5) is 13.2 Å². The van der Waals surface area contributed by atoms with E-state index in [1.807, 2.05) is 0 Å². The average Bonchev–Trinajstić information content (AvgIpc) is 3.02. The molecule has 0 aliphatic heterocycles. The number of hydrogen-bond donors (Lipinski definition) is 1. The van der Waals surface area contributed by atoms with Gasteiger partial charge < -0.3 is 4.90 Å². The van der Waals surface area contributed by atoms with E-state index < -0.39 is 17.6 Å². The van der Waals surface area contributed by atoms with Crippen LogP contribution in [0.25, 0.3) is 11.4 Å². The van der Waals surface area contributed by atoms with Crippen molar-refractivity contribution < 1.29 is 18.0 Å². The van der Waals surface area contributed by atoms with Crippen molar-refractivity contribution in [2.45, 2.75) is 19.3 Å². The molecule has 3 aromatic rings. The lowest BCUT2D eigenvalue weighted by Gasteiger charge is -2.20. The Morgan fingerprint density at radius 2 is 1.86 bits per heavy atom. The number of benzene rings is 2. The fourth-order valence-corrected chi connectivity index (χ4v) is 3.14. The summed E-state index contributed by atoms with van der Waals surface area (Å²) in [6.45, 7) is -0.353. The lowest BCUT2D eigenvalue weighted by atomic mass is 10.1. The largest absolute Gasteiger partial charge is 0.416 e. The summed E-state index contributed by atoms with van der Waals surface area (Å²) in [5, 5.41) is 7.33. The standard InChI is InChI=1S/C19H16ClF3N4OS/c1-26(10-13-4-2-3-5-15(13)19(21,22)23)16(28)11-27-17(24-25-18(27)29)12-6-8-14(20)9-7-12/h2-9H,10-11H2,1H3,(H,25,29). The van der Waals surface area contributed by atoms with Crippen molar-refractivity contribution in [3.8, 4) is 11.4 Å². The van der Waals surface area contributed by atoms with E-state index >= 15 is 0 Å². The maximum Gasteiger partial charge on any atom is 0.416 e. The molecule has 0 aliphatic carbocycles. The Balaban J connectivity index is 1.81. The van der Waals surface area contributed by atoms with Crippen LogP contribution in [0.15, 0.2) is 48.5 Å². The average molecular weight is 441 g/mol. The summed E-state index contributed by atoms with van der Waals surface area (Å²) in [5.41, 5.74) is -0.0504. The Morgan fingerprint density at radius 1 is 1.21 bits per heavy atom. The molecule has 2 aromatic carbocycles. The number of hydrogen-bond acceptors (Lipinski definition) is 3. The predicted molar refractivity (Wildman–Crippen MR) is 106 cm³/mol. The third-order valence-corrected chi connectivity index (χ3v) is 4.87. The first kappa shape index (κ1) is 21.1. The minimum absolute atomic E-state index is 0.0181. The molecule has 0 unspecified atom stereocenters. The summed E-state index contributed by atoms with van der Waals surface area (Å²) in [6.07, 6.45) is -4.49. The number of likely N-dealkylation sites (N-methyl/N-ethyl adjacent to an activating group) is 1. The highest BCUT2D eigenvalue weighted by Gasteiger charge is 2.33. The van der Waals surface area contributed by atoms with Gasteiger partial charge in [0.25, 0.3) is 0 Å². The molecule has 0 atom stereocenters. The molecule has 1 aromatic heterocycles. The van der Waals surface area contributed by atoms with Crippen molar-refractivity contribution in [2.24, 2.45) is 0 Å². The molecule has 5 nitrogen and oxygen atoms in total. The van der Waals surface area contributed by atoms with Gasteiger partial charge in [-0.1, -0.05) is 29.8 Å². The Hall–Kier alpha value is -2.65. The maximum absolute atomic E-state index is 13.2. The molecule has 1 heterocycles. The van der Waals surface area contributed by atoms with Gasteiger partial charge in [-0.2, -0.15) is 18.3 Å². The van der Waals surface area contributed by atoms with Crippen LogP contribution in [0, 0.1) is 4.77 Å². The van der Waals surface area contributed by atoms with Crippen LogP contribution in [0.3, 0.4) is 0 Å². The highest BCUT2D eigenvalue weighted by molar-refractivity contribution is 7.71. The molecule has 152 valence electrons. The van der Waals surface area contributed by atoms with Gasteiger partial charge in [0.1, 0.15) is 6.54 Å². The van der Waals surface area contributed by atoms with Gasteiger partial charge in [0, 0.05) is 24.2 Å². The summed E-state index contributed by atoms with van der Waals surface area (Å²) in [5.74, 6) is 0.0267. The van der Waals surface area contributed by atoms with Gasteiger partial charge in [0.05, 0.1) is 5.56 Å². The molecule has 0 spiro atoms. The molecule has 0 aliphatic rings. The second-order valence-corrected chi connectivity index (χ2v) is 7.17. The number of carbonyl (C=O) groups excluding carboxylic acids is 1. The number of alkyl halides is 3. The number of amides is 1. The van der Waals surface area contributed by atoms with E-state index in [9.17, 15) is 18.0 Å². The highest BCUT2D eigenvalue weighted by atomic mass is 35.5. The summed E-state index contributed by atoms with van der Waals surface area (Å²) >= 11 is 11.1. The minimum Gasteiger partial charge on any atom is -0.340 e. The van der Waals surface area contributed by atoms with E-state index in [1.165, 1.54) is 34.7 Å². The minimum atomic E-state index is -4.49. The number of halogens is 4. The summed E-state index contributed by atoms with van der Waals surface area (Å²) in [4.78, 5) is 13.9. The van der Waals surface area contributed by atoms with Gasteiger partial charge in [-0.15, -0.1) is 0 Å². The Labute approximate surface area is 174 Å². The van der Waals surface area contributed by atoms with Gasteiger partial charge in [-0.3, -0.25) is 14.5 Å². The van der Waals surface area contributed by atoms with E-state index in [0.717, 1.165) is 6.07 Å². The third kappa shape index (κ3) is 4.86. The third-order valence-electron chi connectivity index (χ3n) is 4.31. The quantitative estimate of drug-likeness (QED) is 0.572. The normalized spacial score (nSPS) is 11.5. The molecular weight excluding hydrogens is 425 g/mol.